The van der Waals surface area contributed by atoms with Crippen LogP contribution in [0.2, 0.25) is 0 Å². The Bertz CT molecular complexity index is 1800. The lowest BCUT2D eigenvalue weighted by atomic mass is 9.96. The third-order valence-electron chi connectivity index (χ3n) is 17.6. The van der Waals surface area contributed by atoms with Gasteiger partial charge < -0.3 is 89.9 Å². The molecule has 3 rings (SSSR count). The van der Waals surface area contributed by atoms with Crippen molar-refractivity contribution in [3.8, 4) is 0 Å². The van der Waals surface area contributed by atoms with Crippen LogP contribution in [0.25, 0.3) is 0 Å². The standard InChI is InChI=1S/C70H127NO18/c1-3-5-7-9-11-13-15-17-19-21-22-23-24-25-26-27-28-29-30-32-33-35-37-39-41-43-45-47-54(75)53(71-58(76)48-46-44-42-40-38-36-34-31-20-18-16-14-12-10-8-6-4-2)52-84-68-64(82)61(79)66(56(50-73)86-68)89-70-65(83)62(80)67(57(51-74)87-70)88-69-63(81)60(78)59(77)55(49-72)85-69/h12,14,18,20,37,39,45,47,53-57,59-70,72-75,77-83H,3-11,13,15-17,19,21-36,38,40-44,46,48-52H2,1-2H3,(H,71,76)/b14-12-,20-18-,39-37+,47-45+. The molecule has 17 atom stereocenters. The zero-order valence-electron chi connectivity index (χ0n) is 54.9. The lowest BCUT2D eigenvalue weighted by Crippen LogP contribution is -2.66. The first kappa shape index (κ1) is 81.0. The van der Waals surface area contributed by atoms with Gasteiger partial charge in [-0.2, -0.15) is 0 Å². The Kier molecular flexibility index (Phi) is 47.4. The molecule has 12 N–H and O–H groups in total. The number of aliphatic hydroxyl groups excluding tert-OH is 11. The predicted octanol–water partition coefficient (Wildman–Crippen LogP) is 9.39. The maximum Gasteiger partial charge on any atom is 0.220 e. The number of hydrogen-bond acceptors (Lipinski definition) is 18. The molecule has 0 aromatic heterocycles. The molecule has 3 aliphatic heterocycles. The largest absolute Gasteiger partial charge is 0.394 e. The molecule has 0 aromatic rings. The lowest BCUT2D eigenvalue weighted by molar-refractivity contribution is -0.379. The summed E-state index contributed by atoms with van der Waals surface area (Å²) in [5.41, 5.74) is 0. The van der Waals surface area contributed by atoms with Gasteiger partial charge in [0.1, 0.15) is 73.2 Å². The summed E-state index contributed by atoms with van der Waals surface area (Å²) in [5.74, 6) is -0.293. The van der Waals surface area contributed by atoms with Crippen LogP contribution >= 0.6 is 0 Å². The van der Waals surface area contributed by atoms with E-state index in [0.717, 1.165) is 77.0 Å². The molecule has 19 heteroatoms. The van der Waals surface area contributed by atoms with Crippen LogP contribution in [0.15, 0.2) is 48.6 Å². The van der Waals surface area contributed by atoms with E-state index in [0.29, 0.717) is 12.8 Å². The number of unbranched alkanes of at least 4 members (excludes halogenated alkanes) is 32. The molecule has 0 saturated carbocycles. The van der Waals surface area contributed by atoms with E-state index in [4.69, 9.17) is 28.4 Å². The number of hydrogen-bond donors (Lipinski definition) is 12. The van der Waals surface area contributed by atoms with Crippen LogP contribution < -0.4 is 5.32 Å². The van der Waals surface area contributed by atoms with Crippen LogP contribution in [0.3, 0.4) is 0 Å². The number of carbonyl (C=O) groups excluding carboxylic acids is 1. The molecular formula is C70H127NO18. The van der Waals surface area contributed by atoms with Crippen LogP contribution in [0.1, 0.15) is 258 Å². The molecular weight excluding hydrogens is 1140 g/mol. The summed E-state index contributed by atoms with van der Waals surface area (Å²) >= 11 is 0. The van der Waals surface area contributed by atoms with Gasteiger partial charge in [-0.05, 0) is 64.2 Å². The van der Waals surface area contributed by atoms with Crippen molar-refractivity contribution in [2.45, 2.75) is 362 Å². The van der Waals surface area contributed by atoms with E-state index in [1.807, 2.05) is 6.08 Å². The number of aliphatic hydroxyl groups is 11. The van der Waals surface area contributed by atoms with Crippen molar-refractivity contribution in [3.63, 3.8) is 0 Å². The Balaban J connectivity index is 1.44. The number of nitrogens with one attached hydrogen (secondary N) is 1. The zero-order valence-corrected chi connectivity index (χ0v) is 54.9. The van der Waals surface area contributed by atoms with Crippen LogP contribution in [-0.2, 0) is 33.2 Å². The minimum atomic E-state index is -1.98. The minimum Gasteiger partial charge on any atom is -0.394 e. The van der Waals surface area contributed by atoms with Gasteiger partial charge in [-0.1, -0.05) is 236 Å². The molecule has 19 nitrogen and oxygen atoms in total. The van der Waals surface area contributed by atoms with Gasteiger partial charge in [-0.3, -0.25) is 4.79 Å². The number of carbonyl (C=O) groups is 1. The third kappa shape index (κ3) is 34.1. The molecule has 3 fully saturated rings. The van der Waals surface area contributed by atoms with Gasteiger partial charge in [-0.15, -0.1) is 0 Å². The van der Waals surface area contributed by atoms with E-state index in [-0.39, 0.29) is 18.9 Å². The summed E-state index contributed by atoms with van der Waals surface area (Å²) < 4.78 is 34.3. The quantitative estimate of drug-likeness (QED) is 0.0199. The molecule has 520 valence electrons. The monoisotopic (exact) mass is 1270 g/mol. The highest BCUT2D eigenvalue weighted by molar-refractivity contribution is 5.76. The highest BCUT2D eigenvalue weighted by atomic mass is 16.8. The molecule has 89 heavy (non-hydrogen) atoms. The molecule has 1 amide bonds. The van der Waals surface area contributed by atoms with Gasteiger partial charge in [0.2, 0.25) is 5.91 Å². The van der Waals surface area contributed by atoms with Crippen molar-refractivity contribution in [2.75, 3.05) is 26.4 Å². The highest BCUT2D eigenvalue weighted by Crippen LogP contribution is 2.33. The molecule has 0 radical (unpaired) electrons. The highest BCUT2D eigenvalue weighted by Gasteiger charge is 2.53. The van der Waals surface area contributed by atoms with Crippen LogP contribution in [-0.4, -0.2) is 193 Å². The van der Waals surface area contributed by atoms with Gasteiger partial charge >= 0.3 is 0 Å². The Morgan fingerprint density at radius 2 is 0.753 bits per heavy atom. The zero-order chi connectivity index (χ0) is 64.7. The Hall–Kier alpha value is -2.25. The summed E-state index contributed by atoms with van der Waals surface area (Å²) in [6.07, 6.45) is 35.2. The Labute approximate surface area is 535 Å². The number of ether oxygens (including phenoxy) is 6. The number of allylic oxidation sites excluding steroid dienone is 7. The van der Waals surface area contributed by atoms with Crippen molar-refractivity contribution in [1.29, 1.82) is 0 Å². The first-order chi connectivity index (χ1) is 43.3. The summed E-state index contributed by atoms with van der Waals surface area (Å²) in [4.78, 5) is 13.4. The molecule has 0 spiro atoms. The third-order valence-corrected chi connectivity index (χ3v) is 17.6. The fourth-order valence-electron chi connectivity index (χ4n) is 11.8. The Morgan fingerprint density at radius 1 is 0.404 bits per heavy atom. The van der Waals surface area contributed by atoms with E-state index >= 15 is 0 Å². The van der Waals surface area contributed by atoms with Gasteiger partial charge in [-0.25, -0.2) is 0 Å². The van der Waals surface area contributed by atoms with Gasteiger partial charge in [0.05, 0.1) is 38.6 Å². The minimum absolute atomic E-state index is 0.226. The van der Waals surface area contributed by atoms with Crippen molar-refractivity contribution in [2.24, 2.45) is 0 Å². The van der Waals surface area contributed by atoms with E-state index in [9.17, 15) is 61.0 Å². The van der Waals surface area contributed by atoms with E-state index in [2.05, 4.69) is 55.6 Å². The summed E-state index contributed by atoms with van der Waals surface area (Å²) in [6, 6.07) is -0.996. The topological polar surface area (TPSA) is 307 Å². The summed E-state index contributed by atoms with van der Waals surface area (Å²) in [7, 11) is 0. The van der Waals surface area contributed by atoms with Crippen LogP contribution in [0.4, 0.5) is 0 Å². The average molecular weight is 1270 g/mol. The summed E-state index contributed by atoms with van der Waals surface area (Å²) in [6.45, 7) is 1.70. The second-order valence-electron chi connectivity index (χ2n) is 25.3. The second-order valence-corrected chi connectivity index (χ2v) is 25.3. The molecule has 0 aliphatic carbocycles. The first-order valence-corrected chi connectivity index (χ1v) is 35.4. The van der Waals surface area contributed by atoms with E-state index in [1.54, 1.807) is 6.08 Å². The van der Waals surface area contributed by atoms with Gasteiger partial charge in [0.25, 0.3) is 0 Å². The smallest absolute Gasteiger partial charge is 0.220 e. The number of amides is 1. The van der Waals surface area contributed by atoms with E-state index in [1.165, 1.54) is 148 Å². The van der Waals surface area contributed by atoms with Crippen molar-refractivity contribution in [3.05, 3.63) is 48.6 Å². The fourth-order valence-corrected chi connectivity index (χ4v) is 11.8. The average Bonchev–Trinajstić information content (AvgIpc) is 2.22. The molecule has 0 bridgehead atoms. The maximum atomic E-state index is 13.4. The fraction of sp³-hybridized carbons (Fsp3) is 0.871. The molecule has 3 aliphatic rings. The number of rotatable bonds is 54. The SMILES string of the molecule is CCCCC/C=C\C/C=C\CCCCCCCCCC(=O)NC(COC1OC(CO)C(OC2OC(CO)C(OC3OC(CO)C(O)C(O)C3O)C(O)C2O)C(O)C1O)C(O)/C=C/CC/C=C/CCCCCCCCCCCCCCCCCCCCCCC. The van der Waals surface area contributed by atoms with Gasteiger partial charge in [0, 0.05) is 6.42 Å². The van der Waals surface area contributed by atoms with E-state index < -0.39 is 124 Å². The lowest BCUT2D eigenvalue weighted by Gasteiger charge is -2.48. The van der Waals surface area contributed by atoms with Crippen molar-refractivity contribution >= 4 is 5.91 Å². The molecule has 0 aromatic carbocycles. The normalized spacial score (nSPS) is 28.5. The molecule has 3 saturated heterocycles. The predicted molar refractivity (Wildman–Crippen MR) is 346 cm³/mol. The van der Waals surface area contributed by atoms with Gasteiger partial charge in [0.15, 0.2) is 18.9 Å². The second kappa shape index (κ2) is 52.1. The Morgan fingerprint density at radius 3 is 1.21 bits per heavy atom. The molecule has 3 heterocycles. The first-order valence-electron chi connectivity index (χ1n) is 35.4. The van der Waals surface area contributed by atoms with Crippen LogP contribution in [0.5, 0.6) is 0 Å². The summed E-state index contributed by atoms with van der Waals surface area (Å²) in [5, 5.41) is 120. The van der Waals surface area contributed by atoms with Crippen molar-refractivity contribution in [1.82, 2.24) is 5.32 Å². The molecule has 17 unspecified atom stereocenters. The van der Waals surface area contributed by atoms with Crippen LogP contribution in [0, 0.1) is 0 Å². The maximum absolute atomic E-state index is 13.4. The van der Waals surface area contributed by atoms with Crippen molar-refractivity contribution < 1.29 is 89.4 Å².